The van der Waals surface area contributed by atoms with Crippen LogP contribution in [0.5, 0.6) is 11.5 Å². The largest absolute Gasteiger partial charge is 0.454 e. The number of hydrogen-bond acceptors (Lipinski definition) is 5. The molecule has 0 saturated heterocycles. The van der Waals surface area contributed by atoms with Gasteiger partial charge >= 0.3 is 0 Å². The first-order valence-electron chi connectivity index (χ1n) is 7.85. The Hall–Kier alpha value is -2.58. The summed E-state index contributed by atoms with van der Waals surface area (Å²) in [5.41, 5.74) is 0.801. The van der Waals surface area contributed by atoms with Crippen LogP contribution >= 0.6 is 0 Å². The summed E-state index contributed by atoms with van der Waals surface area (Å²) in [6.45, 7) is 0.133. The standard InChI is InChI=1S/C17H16N2O5S/c20-17(11-4-7-15-16(8-11)24-10-23-15)18-13-2-1-3-14(9-13)25(21,22)19-12-5-6-12/h1-4,7-9,12,19H,5-6,10H2,(H,18,20). The van der Waals surface area contributed by atoms with Crippen LogP contribution in [-0.4, -0.2) is 27.2 Å². The van der Waals surface area contributed by atoms with Gasteiger partial charge in [-0.3, -0.25) is 4.79 Å². The Bertz CT molecular complexity index is 938. The van der Waals surface area contributed by atoms with E-state index in [9.17, 15) is 13.2 Å². The van der Waals surface area contributed by atoms with Crippen LogP contribution in [0.3, 0.4) is 0 Å². The molecule has 1 fully saturated rings. The summed E-state index contributed by atoms with van der Waals surface area (Å²) < 4.78 is 37.6. The Kier molecular flexibility index (Phi) is 3.85. The Morgan fingerprint density at radius 1 is 1.04 bits per heavy atom. The number of fused-ring (bicyclic) bond motifs is 1. The van der Waals surface area contributed by atoms with Gasteiger partial charge in [-0.25, -0.2) is 13.1 Å². The van der Waals surface area contributed by atoms with E-state index in [2.05, 4.69) is 10.0 Å². The van der Waals surface area contributed by atoms with Gasteiger partial charge in [-0.15, -0.1) is 0 Å². The molecule has 2 aliphatic rings. The fraction of sp³-hybridized carbons (Fsp3) is 0.235. The molecule has 0 atom stereocenters. The minimum absolute atomic E-state index is 0.0249. The molecular formula is C17H16N2O5S. The van der Waals surface area contributed by atoms with Crippen molar-refractivity contribution >= 4 is 21.6 Å². The third-order valence-corrected chi connectivity index (χ3v) is 5.45. The Morgan fingerprint density at radius 3 is 2.64 bits per heavy atom. The smallest absolute Gasteiger partial charge is 0.255 e. The molecule has 2 aromatic carbocycles. The fourth-order valence-corrected chi connectivity index (χ4v) is 3.82. The van der Waals surface area contributed by atoms with Crippen molar-refractivity contribution in [3.8, 4) is 11.5 Å². The van der Waals surface area contributed by atoms with Gasteiger partial charge < -0.3 is 14.8 Å². The van der Waals surface area contributed by atoms with Crippen molar-refractivity contribution in [2.45, 2.75) is 23.8 Å². The van der Waals surface area contributed by atoms with Crippen molar-refractivity contribution < 1.29 is 22.7 Å². The Labute approximate surface area is 145 Å². The lowest BCUT2D eigenvalue weighted by Crippen LogP contribution is -2.25. The third kappa shape index (κ3) is 3.45. The first-order valence-corrected chi connectivity index (χ1v) is 9.33. The maximum Gasteiger partial charge on any atom is 0.255 e. The highest BCUT2D eigenvalue weighted by Gasteiger charge is 2.28. The van der Waals surface area contributed by atoms with E-state index in [1.807, 2.05) is 0 Å². The number of rotatable bonds is 5. The van der Waals surface area contributed by atoms with Crippen LogP contribution in [0, 0.1) is 0 Å². The molecule has 1 saturated carbocycles. The van der Waals surface area contributed by atoms with Gasteiger partial charge in [0.15, 0.2) is 11.5 Å². The van der Waals surface area contributed by atoms with Crippen LogP contribution in [0.2, 0.25) is 0 Å². The van der Waals surface area contributed by atoms with E-state index in [0.29, 0.717) is 22.7 Å². The predicted octanol–water partition coefficient (Wildman–Crippen LogP) is 2.11. The van der Waals surface area contributed by atoms with Crippen molar-refractivity contribution in [1.82, 2.24) is 4.72 Å². The van der Waals surface area contributed by atoms with Gasteiger partial charge in [0.2, 0.25) is 16.8 Å². The average Bonchev–Trinajstić information content (AvgIpc) is 3.26. The summed E-state index contributed by atoms with van der Waals surface area (Å²) in [6, 6.07) is 11.1. The molecular weight excluding hydrogens is 344 g/mol. The van der Waals surface area contributed by atoms with E-state index in [-0.39, 0.29) is 23.6 Å². The second-order valence-corrected chi connectivity index (χ2v) is 7.66. The van der Waals surface area contributed by atoms with Crippen molar-refractivity contribution in [2.24, 2.45) is 0 Å². The number of anilines is 1. The normalized spacial score (nSPS) is 15.8. The van der Waals surface area contributed by atoms with Crippen LogP contribution in [0.25, 0.3) is 0 Å². The Morgan fingerprint density at radius 2 is 1.84 bits per heavy atom. The van der Waals surface area contributed by atoms with Crippen LogP contribution < -0.4 is 19.5 Å². The molecule has 0 aromatic heterocycles. The molecule has 25 heavy (non-hydrogen) atoms. The van der Waals surface area contributed by atoms with Crippen LogP contribution in [0.1, 0.15) is 23.2 Å². The maximum absolute atomic E-state index is 12.4. The van der Waals surface area contributed by atoms with E-state index in [1.54, 1.807) is 30.3 Å². The lowest BCUT2D eigenvalue weighted by molar-refractivity contribution is 0.102. The van der Waals surface area contributed by atoms with Gasteiger partial charge in [0, 0.05) is 17.3 Å². The van der Waals surface area contributed by atoms with Crippen LogP contribution in [-0.2, 0) is 10.0 Å². The Balaban J connectivity index is 1.52. The van der Waals surface area contributed by atoms with Gasteiger partial charge in [-0.05, 0) is 49.2 Å². The number of hydrogen-bond donors (Lipinski definition) is 2. The minimum Gasteiger partial charge on any atom is -0.454 e. The number of ether oxygens (including phenoxy) is 2. The highest BCUT2D eigenvalue weighted by molar-refractivity contribution is 7.89. The molecule has 8 heteroatoms. The van der Waals surface area contributed by atoms with Crippen molar-refractivity contribution in [3.63, 3.8) is 0 Å². The molecule has 2 N–H and O–H groups in total. The molecule has 130 valence electrons. The maximum atomic E-state index is 12.4. The van der Waals surface area contributed by atoms with E-state index < -0.39 is 10.0 Å². The molecule has 0 spiro atoms. The summed E-state index contributed by atoms with van der Waals surface area (Å²) in [5.74, 6) is 0.747. The van der Waals surface area contributed by atoms with Crippen LogP contribution in [0.4, 0.5) is 5.69 Å². The molecule has 0 radical (unpaired) electrons. The highest BCUT2D eigenvalue weighted by atomic mass is 32.2. The van der Waals surface area contributed by atoms with Gasteiger partial charge in [0.05, 0.1) is 4.90 Å². The van der Waals surface area contributed by atoms with Gasteiger partial charge in [0.1, 0.15) is 0 Å². The number of amides is 1. The zero-order valence-electron chi connectivity index (χ0n) is 13.2. The molecule has 0 bridgehead atoms. The molecule has 1 aliphatic carbocycles. The molecule has 7 nitrogen and oxygen atoms in total. The SMILES string of the molecule is O=C(Nc1cccc(S(=O)(=O)NC2CC2)c1)c1ccc2c(c1)OCO2. The summed E-state index contributed by atoms with van der Waals surface area (Å²) in [6.07, 6.45) is 1.72. The minimum atomic E-state index is -3.57. The summed E-state index contributed by atoms with van der Waals surface area (Å²) in [5, 5.41) is 2.70. The number of carbonyl (C=O) groups excluding carboxylic acids is 1. The van der Waals surface area contributed by atoms with Crippen molar-refractivity contribution in [2.75, 3.05) is 12.1 Å². The number of benzene rings is 2. The highest BCUT2D eigenvalue weighted by Crippen LogP contribution is 2.32. The van der Waals surface area contributed by atoms with Gasteiger partial charge in [-0.1, -0.05) is 6.07 Å². The first-order chi connectivity index (χ1) is 12.0. The molecule has 2 aromatic rings. The second kappa shape index (κ2) is 6.05. The number of sulfonamides is 1. The van der Waals surface area contributed by atoms with E-state index in [4.69, 9.17) is 9.47 Å². The molecule has 1 heterocycles. The van der Waals surface area contributed by atoms with E-state index in [0.717, 1.165) is 12.8 Å². The predicted molar refractivity (Wildman–Crippen MR) is 90.3 cm³/mol. The quantitative estimate of drug-likeness (QED) is 0.852. The summed E-state index contributed by atoms with van der Waals surface area (Å²) >= 11 is 0. The molecule has 1 amide bonds. The van der Waals surface area contributed by atoms with E-state index in [1.165, 1.54) is 12.1 Å². The zero-order chi connectivity index (χ0) is 17.4. The monoisotopic (exact) mass is 360 g/mol. The fourth-order valence-electron chi connectivity index (χ4n) is 2.47. The molecule has 0 unspecified atom stereocenters. The lowest BCUT2D eigenvalue weighted by Gasteiger charge is -2.09. The first kappa shape index (κ1) is 15.9. The average molecular weight is 360 g/mol. The van der Waals surface area contributed by atoms with E-state index >= 15 is 0 Å². The third-order valence-electron chi connectivity index (χ3n) is 3.94. The topological polar surface area (TPSA) is 93.7 Å². The number of nitrogens with one attached hydrogen (secondary N) is 2. The second-order valence-electron chi connectivity index (χ2n) is 5.95. The number of carbonyl (C=O) groups is 1. The lowest BCUT2D eigenvalue weighted by atomic mass is 10.2. The molecule has 1 aliphatic heterocycles. The van der Waals surface area contributed by atoms with Crippen molar-refractivity contribution in [3.05, 3.63) is 48.0 Å². The van der Waals surface area contributed by atoms with Crippen molar-refractivity contribution in [1.29, 1.82) is 0 Å². The zero-order valence-corrected chi connectivity index (χ0v) is 14.0. The van der Waals surface area contributed by atoms with Gasteiger partial charge in [-0.2, -0.15) is 0 Å². The van der Waals surface area contributed by atoms with Gasteiger partial charge in [0.25, 0.3) is 5.91 Å². The molecule has 4 rings (SSSR count). The van der Waals surface area contributed by atoms with Crippen LogP contribution in [0.15, 0.2) is 47.4 Å². The summed E-state index contributed by atoms with van der Waals surface area (Å²) in [7, 11) is -3.57. The summed E-state index contributed by atoms with van der Waals surface area (Å²) in [4.78, 5) is 12.5.